The van der Waals surface area contributed by atoms with Crippen molar-refractivity contribution in [3.63, 3.8) is 0 Å². The molecule has 1 heterocycles. The first kappa shape index (κ1) is 18.7. The largest absolute Gasteiger partial charge is 0.459 e. The van der Waals surface area contributed by atoms with Gasteiger partial charge in [0, 0.05) is 23.7 Å². The normalized spacial score (nSPS) is 10.4. The fourth-order valence-electron chi connectivity index (χ4n) is 2.56. The van der Waals surface area contributed by atoms with Crippen LogP contribution in [0.3, 0.4) is 0 Å². The van der Waals surface area contributed by atoms with Crippen molar-refractivity contribution in [2.45, 2.75) is 19.4 Å². The third-order valence-corrected chi connectivity index (χ3v) is 4.23. The number of carbonyl (C=O) groups is 2. The van der Waals surface area contributed by atoms with Crippen molar-refractivity contribution in [1.29, 1.82) is 0 Å². The number of furan rings is 1. The third kappa shape index (κ3) is 5.72. The van der Waals surface area contributed by atoms with Crippen molar-refractivity contribution < 1.29 is 14.0 Å². The van der Waals surface area contributed by atoms with E-state index in [4.69, 9.17) is 16.0 Å². The zero-order chi connectivity index (χ0) is 19.1. The first-order valence-corrected chi connectivity index (χ1v) is 8.93. The summed E-state index contributed by atoms with van der Waals surface area (Å²) in [6.07, 6.45) is 2.50. The van der Waals surface area contributed by atoms with E-state index in [2.05, 4.69) is 10.6 Å². The quantitative estimate of drug-likeness (QED) is 0.634. The van der Waals surface area contributed by atoms with Crippen LogP contribution in [0.25, 0.3) is 0 Å². The van der Waals surface area contributed by atoms with Gasteiger partial charge in [-0.1, -0.05) is 35.9 Å². The molecule has 3 aromatic rings. The maximum atomic E-state index is 12.1. The molecule has 6 heteroatoms. The number of halogens is 1. The summed E-state index contributed by atoms with van der Waals surface area (Å²) in [5, 5.41) is 6.34. The Labute approximate surface area is 162 Å². The van der Waals surface area contributed by atoms with Crippen LogP contribution in [-0.2, 0) is 17.8 Å². The number of rotatable bonds is 7. The molecule has 0 unspecified atom stereocenters. The van der Waals surface area contributed by atoms with E-state index >= 15 is 0 Å². The van der Waals surface area contributed by atoms with E-state index in [0.29, 0.717) is 30.1 Å². The van der Waals surface area contributed by atoms with Crippen molar-refractivity contribution in [2.24, 2.45) is 0 Å². The third-order valence-electron chi connectivity index (χ3n) is 3.97. The molecule has 0 fully saturated rings. The van der Waals surface area contributed by atoms with E-state index in [0.717, 1.165) is 11.1 Å². The number of nitrogens with one attached hydrogen (secondary N) is 2. The minimum atomic E-state index is -0.316. The Bertz CT molecular complexity index is 905. The molecule has 0 atom stereocenters. The minimum Gasteiger partial charge on any atom is -0.459 e. The van der Waals surface area contributed by atoms with Crippen molar-refractivity contribution in [1.82, 2.24) is 5.32 Å². The van der Waals surface area contributed by atoms with Gasteiger partial charge < -0.3 is 15.1 Å². The number of aryl methyl sites for hydroxylation is 1. The minimum absolute atomic E-state index is 0.0324. The summed E-state index contributed by atoms with van der Waals surface area (Å²) in [7, 11) is 0. The van der Waals surface area contributed by atoms with Crippen LogP contribution in [0.15, 0.2) is 71.3 Å². The van der Waals surface area contributed by atoms with Crippen molar-refractivity contribution in [3.8, 4) is 0 Å². The molecule has 2 amide bonds. The summed E-state index contributed by atoms with van der Waals surface area (Å²) in [6.45, 7) is 0.393. The molecule has 1 aromatic heterocycles. The topological polar surface area (TPSA) is 71.3 Å². The van der Waals surface area contributed by atoms with Gasteiger partial charge in [0.1, 0.15) is 0 Å². The maximum Gasteiger partial charge on any atom is 0.291 e. The summed E-state index contributed by atoms with van der Waals surface area (Å²) >= 11 is 5.85. The molecule has 138 valence electrons. The van der Waals surface area contributed by atoms with Crippen LogP contribution in [0.5, 0.6) is 0 Å². The molecule has 0 radical (unpaired) electrons. The Morgan fingerprint density at radius 1 is 0.963 bits per heavy atom. The van der Waals surface area contributed by atoms with Crippen LogP contribution in [0, 0.1) is 0 Å². The standard InChI is InChI=1S/C21H19ClN2O3/c22-17-9-6-15(7-10-17)8-11-20(25)23-14-16-3-1-4-18(13-16)24-21(26)19-5-2-12-27-19/h1-7,9-10,12-13H,8,11,14H2,(H,23,25)(H,24,26). The number of benzene rings is 2. The van der Waals surface area contributed by atoms with Crippen LogP contribution in [0.2, 0.25) is 5.02 Å². The molecule has 0 bridgehead atoms. The van der Waals surface area contributed by atoms with Gasteiger partial charge >= 0.3 is 0 Å². The lowest BCUT2D eigenvalue weighted by atomic mass is 10.1. The summed E-state index contributed by atoms with van der Waals surface area (Å²) in [4.78, 5) is 24.1. The molecule has 27 heavy (non-hydrogen) atoms. The van der Waals surface area contributed by atoms with E-state index in [1.54, 1.807) is 18.2 Å². The predicted molar refractivity (Wildman–Crippen MR) is 105 cm³/mol. The monoisotopic (exact) mass is 382 g/mol. The fraction of sp³-hybridized carbons (Fsp3) is 0.143. The Balaban J connectivity index is 1.48. The van der Waals surface area contributed by atoms with Crippen molar-refractivity contribution >= 4 is 29.1 Å². The smallest absolute Gasteiger partial charge is 0.291 e. The highest BCUT2D eigenvalue weighted by Gasteiger charge is 2.09. The highest BCUT2D eigenvalue weighted by atomic mass is 35.5. The maximum absolute atomic E-state index is 12.1. The van der Waals surface area contributed by atoms with Gasteiger partial charge in [-0.25, -0.2) is 0 Å². The van der Waals surface area contributed by atoms with E-state index in [1.165, 1.54) is 6.26 Å². The van der Waals surface area contributed by atoms with Gasteiger partial charge in [0.15, 0.2) is 5.76 Å². The first-order valence-electron chi connectivity index (χ1n) is 8.55. The van der Waals surface area contributed by atoms with Gasteiger partial charge in [-0.2, -0.15) is 0 Å². The molecule has 0 saturated carbocycles. The molecular formula is C21H19ClN2O3. The van der Waals surface area contributed by atoms with Gasteiger partial charge in [0.25, 0.3) is 5.91 Å². The lowest BCUT2D eigenvalue weighted by molar-refractivity contribution is -0.121. The van der Waals surface area contributed by atoms with Crippen LogP contribution in [0.1, 0.15) is 28.1 Å². The van der Waals surface area contributed by atoms with Gasteiger partial charge in [-0.3, -0.25) is 9.59 Å². The Kier molecular flexibility index (Phi) is 6.28. The van der Waals surface area contributed by atoms with Crippen molar-refractivity contribution in [3.05, 3.63) is 88.8 Å². The molecule has 0 aliphatic heterocycles. The summed E-state index contributed by atoms with van der Waals surface area (Å²) in [5.74, 6) is -0.102. The lowest BCUT2D eigenvalue weighted by Crippen LogP contribution is -2.23. The zero-order valence-electron chi connectivity index (χ0n) is 14.6. The zero-order valence-corrected chi connectivity index (χ0v) is 15.3. The number of carbonyl (C=O) groups excluding carboxylic acids is 2. The van der Waals surface area contributed by atoms with Gasteiger partial charge in [0.2, 0.25) is 5.91 Å². The summed E-state index contributed by atoms with van der Waals surface area (Å²) in [6, 6.07) is 18.0. The van der Waals surface area contributed by atoms with Crippen molar-refractivity contribution in [2.75, 3.05) is 5.32 Å². The number of anilines is 1. The van der Waals surface area contributed by atoms with Crippen LogP contribution >= 0.6 is 11.6 Å². The SMILES string of the molecule is O=C(CCc1ccc(Cl)cc1)NCc1cccc(NC(=O)c2ccco2)c1. The van der Waals surface area contributed by atoms with Gasteiger partial charge in [-0.05, 0) is 53.9 Å². The second kappa shape index (κ2) is 9.05. The molecular weight excluding hydrogens is 364 g/mol. The van der Waals surface area contributed by atoms with Crippen LogP contribution in [-0.4, -0.2) is 11.8 Å². The highest BCUT2D eigenvalue weighted by Crippen LogP contribution is 2.13. The highest BCUT2D eigenvalue weighted by molar-refractivity contribution is 6.30. The molecule has 0 aliphatic carbocycles. The summed E-state index contributed by atoms with van der Waals surface area (Å²) < 4.78 is 5.07. The average molecular weight is 383 g/mol. The number of amides is 2. The molecule has 2 N–H and O–H groups in total. The Hall–Kier alpha value is -3.05. The second-order valence-electron chi connectivity index (χ2n) is 6.03. The predicted octanol–water partition coefficient (Wildman–Crippen LogP) is 4.43. The van der Waals surface area contributed by atoms with Crippen LogP contribution < -0.4 is 10.6 Å². The molecule has 0 spiro atoms. The number of hydrogen-bond donors (Lipinski definition) is 2. The fourth-order valence-corrected chi connectivity index (χ4v) is 2.68. The molecule has 5 nitrogen and oxygen atoms in total. The van der Waals surface area contributed by atoms with Gasteiger partial charge in [-0.15, -0.1) is 0 Å². The molecule has 0 aliphatic rings. The average Bonchev–Trinajstić information content (AvgIpc) is 3.21. The van der Waals surface area contributed by atoms with Crippen LogP contribution in [0.4, 0.5) is 5.69 Å². The molecule has 0 saturated heterocycles. The van der Waals surface area contributed by atoms with Gasteiger partial charge in [0.05, 0.1) is 6.26 Å². The molecule has 2 aromatic carbocycles. The first-order chi connectivity index (χ1) is 13.1. The summed E-state index contributed by atoms with van der Waals surface area (Å²) in [5.41, 5.74) is 2.61. The van der Waals surface area contributed by atoms with E-state index in [9.17, 15) is 9.59 Å². The second-order valence-corrected chi connectivity index (χ2v) is 6.47. The lowest BCUT2D eigenvalue weighted by Gasteiger charge is -2.08. The molecule has 3 rings (SSSR count). The van der Waals surface area contributed by atoms with E-state index in [1.807, 2.05) is 42.5 Å². The Morgan fingerprint density at radius 2 is 1.78 bits per heavy atom. The Morgan fingerprint density at radius 3 is 2.52 bits per heavy atom. The van der Waals surface area contributed by atoms with E-state index in [-0.39, 0.29) is 17.6 Å². The van der Waals surface area contributed by atoms with E-state index < -0.39 is 0 Å². The number of hydrogen-bond acceptors (Lipinski definition) is 3.